The van der Waals surface area contributed by atoms with Gasteiger partial charge in [-0.15, -0.1) is 0 Å². The van der Waals surface area contributed by atoms with E-state index < -0.39 is 43.7 Å². The van der Waals surface area contributed by atoms with Gasteiger partial charge in [0.1, 0.15) is 11.6 Å². The van der Waals surface area contributed by atoms with E-state index in [1.165, 1.54) is 6.92 Å². The van der Waals surface area contributed by atoms with Gasteiger partial charge in [0.25, 0.3) is 0 Å². The van der Waals surface area contributed by atoms with Crippen LogP contribution in [-0.4, -0.2) is 37.2 Å². The third-order valence-corrected chi connectivity index (χ3v) is 4.18. The van der Waals surface area contributed by atoms with E-state index in [0.29, 0.717) is 0 Å². The first kappa shape index (κ1) is 17.1. The molecule has 0 saturated heterocycles. The Hall–Kier alpha value is -1.96. The van der Waals surface area contributed by atoms with Crippen molar-refractivity contribution in [1.29, 1.82) is 0 Å². The normalized spacial score (nSPS) is 11.5. The van der Waals surface area contributed by atoms with Crippen LogP contribution in [0.1, 0.15) is 29.8 Å². The fraction of sp³-hybridized carbons (Fsp3) is 0.385. The first-order valence-corrected chi connectivity index (χ1v) is 7.75. The molecular weight excluding hydrogens is 301 g/mol. The van der Waals surface area contributed by atoms with Crippen LogP contribution in [-0.2, 0) is 14.6 Å². The summed E-state index contributed by atoms with van der Waals surface area (Å²) in [7, 11) is -4.04. The van der Waals surface area contributed by atoms with Crippen LogP contribution >= 0.6 is 0 Å². The van der Waals surface area contributed by atoms with Crippen molar-refractivity contribution in [3.63, 3.8) is 0 Å². The largest absolute Gasteiger partial charge is 0.478 e. The van der Waals surface area contributed by atoms with Crippen molar-refractivity contribution < 1.29 is 27.5 Å². The summed E-state index contributed by atoms with van der Waals surface area (Å²) in [6.07, 6.45) is 0. The number of hydrogen-bond acceptors (Lipinski definition) is 4. The highest BCUT2D eigenvalue weighted by molar-refractivity contribution is 7.92. The van der Waals surface area contributed by atoms with Crippen molar-refractivity contribution in [3.8, 4) is 0 Å². The molecular formula is C13H16FNO5S. The molecule has 0 radical (unpaired) electrons. The zero-order valence-electron chi connectivity index (χ0n) is 11.8. The first-order valence-electron chi connectivity index (χ1n) is 6.10. The van der Waals surface area contributed by atoms with Gasteiger partial charge in [0.15, 0.2) is 9.84 Å². The Morgan fingerprint density at radius 3 is 2.38 bits per heavy atom. The highest BCUT2D eigenvalue weighted by Gasteiger charge is 2.24. The number of halogens is 1. The molecule has 1 aromatic carbocycles. The molecule has 116 valence electrons. The third-order valence-electron chi connectivity index (χ3n) is 2.59. The van der Waals surface area contributed by atoms with Crippen LogP contribution in [0.25, 0.3) is 0 Å². The molecule has 0 fully saturated rings. The lowest BCUT2D eigenvalue weighted by molar-refractivity contribution is -0.119. The molecule has 0 aromatic heterocycles. The summed E-state index contributed by atoms with van der Waals surface area (Å²) in [5, 5.41) is 11.3. The summed E-state index contributed by atoms with van der Waals surface area (Å²) in [5.41, 5.74) is -0.851. The maximum absolute atomic E-state index is 13.6. The molecule has 8 heteroatoms. The lowest BCUT2D eigenvalue weighted by Gasteiger charge is -2.10. The Labute approximate surface area is 121 Å². The molecule has 1 rings (SSSR count). The number of carboxylic acid groups (broad SMARTS) is 1. The molecule has 6 nitrogen and oxygen atoms in total. The predicted molar refractivity (Wildman–Crippen MR) is 73.4 cm³/mol. The number of benzene rings is 1. The second kappa shape index (κ2) is 6.21. The van der Waals surface area contributed by atoms with Gasteiger partial charge in [-0.05, 0) is 38.5 Å². The topological polar surface area (TPSA) is 101 Å². The van der Waals surface area contributed by atoms with Crippen LogP contribution < -0.4 is 5.32 Å². The highest BCUT2D eigenvalue weighted by atomic mass is 32.2. The minimum Gasteiger partial charge on any atom is -0.478 e. The predicted octanol–water partition coefficient (Wildman–Crippen LogP) is 1.13. The Morgan fingerprint density at radius 2 is 1.90 bits per heavy atom. The standard InChI is InChI=1S/C13H16FNO5S/c1-7(2)15-11(16)6-21(19,20)9-4-8(3)12(14)10(5-9)13(17)18/h4-5,7H,6H2,1-3H3,(H,15,16)(H,17,18). The van der Waals surface area contributed by atoms with Gasteiger partial charge in [-0.3, -0.25) is 4.79 Å². The van der Waals surface area contributed by atoms with Gasteiger partial charge in [-0.1, -0.05) is 0 Å². The number of rotatable bonds is 5. The number of sulfone groups is 1. The molecule has 1 aromatic rings. The van der Waals surface area contributed by atoms with Gasteiger partial charge in [0, 0.05) is 6.04 Å². The highest BCUT2D eigenvalue weighted by Crippen LogP contribution is 2.20. The number of aryl methyl sites for hydroxylation is 1. The second-order valence-electron chi connectivity index (χ2n) is 4.89. The fourth-order valence-electron chi connectivity index (χ4n) is 1.69. The van der Waals surface area contributed by atoms with E-state index in [2.05, 4.69) is 5.32 Å². The SMILES string of the molecule is Cc1cc(S(=O)(=O)CC(=O)NC(C)C)cc(C(=O)O)c1F. The molecule has 0 aliphatic heterocycles. The van der Waals surface area contributed by atoms with Gasteiger partial charge in [0.05, 0.1) is 10.5 Å². The van der Waals surface area contributed by atoms with E-state index >= 15 is 0 Å². The van der Waals surface area contributed by atoms with Crippen molar-refractivity contribution in [3.05, 3.63) is 29.1 Å². The van der Waals surface area contributed by atoms with Gasteiger partial charge in [-0.25, -0.2) is 17.6 Å². The molecule has 0 aliphatic rings. The summed E-state index contributed by atoms with van der Waals surface area (Å²) in [5.74, 6) is -4.09. The number of hydrogen-bond donors (Lipinski definition) is 2. The van der Waals surface area contributed by atoms with Gasteiger partial charge < -0.3 is 10.4 Å². The van der Waals surface area contributed by atoms with Crippen LogP contribution in [0.3, 0.4) is 0 Å². The number of nitrogens with one attached hydrogen (secondary N) is 1. The Morgan fingerprint density at radius 1 is 1.33 bits per heavy atom. The van der Waals surface area contributed by atoms with Crippen LogP contribution in [0.4, 0.5) is 4.39 Å². The third kappa shape index (κ3) is 4.25. The fourth-order valence-corrected chi connectivity index (χ4v) is 2.94. The van der Waals surface area contributed by atoms with Crippen molar-refractivity contribution >= 4 is 21.7 Å². The molecule has 0 heterocycles. The summed E-state index contributed by atoms with van der Waals surface area (Å²) in [6, 6.07) is 1.51. The Bertz CT molecular complexity index is 682. The van der Waals surface area contributed by atoms with E-state index in [0.717, 1.165) is 12.1 Å². The smallest absolute Gasteiger partial charge is 0.338 e. The second-order valence-corrected chi connectivity index (χ2v) is 6.88. The van der Waals surface area contributed by atoms with Crippen molar-refractivity contribution in [2.24, 2.45) is 0 Å². The number of amides is 1. The maximum Gasteiger partial charge on any atom is 0.338 e. The number of carbonyl (C=O) groups excluding carboxylic acids is 1. The molecule has 0 saturated carbocycles. The Balaban J connectivity index is 3.21. The van der Waals surface area contributed by atoms with Gasteiger partial charge >= 0.3 is 5.97 Å². The average molecular weight is 317 g/mol. The molecule has 2 N–H and O–H groups in total. The summed E-state index contributed by atoms with van der Waals surface area (Å²) < 4.78 is 37.8. The number of carbonyl (C=O) groups is 2. The van der Waals surface area contributed by atoms with Crippen molar-refractivity contribution in [2.45, 2.75) is 31.7 Å². The van der Waals surface area contributed by atoms with Crippen molar-refractivity contribution in [2.75, 3.05) is 5.75 Å². The molecule has 0 spiro atoms. The van der Waals surface area contributed by atoms with E-state index in [1.54, 1.807) is 13.8 Å². The number of aromatic carboxylic acids is 1. The minimum atomic E-state index is -4.04. The monoisotopic (exact) mass is 317 g/mol. The van der Waals surface area contributed by atoms with E-state index in [-0.39, 0.29) is 11.6 Å². The molecule has 0 aliphatic carbocycles. The van der Waals surface area contributed by atoms with Crippen LogP contribution in [0.2, 0.25) is 0 Å². The summed E-state index contributed by atoms with van der Waals surface area (Å²) >= 11 is 0. The maximum atomic E-state index is 13.6. The zero-order chi connectivity index (χ0) is 16.4. The van der Waals surface area contributed by atoms with Crippen molar-refractivity contribution in [1.82, 2.24) is 5.32 Å². The van der Waals surface area contributed by atoms with Gasteiger partial charge in [-0.2, -0.15) is 0 Å². The lowest BCUT2D eigenvalue weighted by atomic mass is 10.1. The van der Waals surface area contributed by atoms with E-state index in [1.807, 2.05) is 0 Å². The Kier molecular flexibility index (Phi) is 5.06. The number of carboxylic acids is 1. The van der Waals surface area contributed by atoms with Crippen LogP contribution in [0, 0.1) is 12.7 Å². The summed E-state index contributed by atoms with van der Waals surface area (Å²) in [6.45, 7) is 4.61. The molecule has 0 atom stereocenters. The summed E-state index contributed by atoms with van der Waals surface area (Å²) in [4.78, 5) is 22.0. The zero-order valence-corrected chi connectivity index (χ0v) is 12.6. The van der Waals surface area contributed by atoms with E-state index in [9.17, 15) is 22.4 Å². The van der Waals surface area contributed by atoms with E-state index in [4.69, 9.17) is 5.11 Å². The minimum absolute atomic E-state index is 0.113. The molecule has 1 amide bonds. The molecule has 0 bridgehead atoms. The first-order chi connectivity index (χ1) is 9.54. The average Bonchev–Trinajstić information content (AvgIpc) is 2.29. The van der Waals surface area contributed by atoms with Crippen LogP contribution in [0.15, 0.2) is 17.0 Å². The quantitative estimate of drug-likeness (QED) is 0.793. The van der Waals surface area contributed by atoms with Crippen LogP contribution in [0.5, 0.6) is 0 Å². The lowest BCUT2D eigenvalue weighted by Crippen LogP contribution is -2.35. The molecule has 21 heavy (non-hydrogen) atoms. The molecule has 0 unspecified atom stereocenters. The van der Waals surface area contributed by atoms with Gasteiger partial charge in [0.2, 0.25) is 5.91 Å².